The van der Waals surface area contributed by atoms with Crippen molar-refractivity contribution >= 4 is 22.8 Å². The van der Waals surface area contributed by atoms with Crippen molar-refractivity contribution in [2.75, 3.05) is 18.0 Å². The zero-order chi connectivity index (χ0) is 15.4. The molecule has 0 unspecified atom stereocenters. The van der Waals surface area contributed by atoms with Gasteiger partial charge in [-0.15, -0.1) is 0 Å². The maximum atomic E-state index is 11.3. The fourth-order valence-corrected chi connectivity index (χ4v) is 3.35. The van der Waals surface area contributed by atoms with E-state index >= 15 is 0 Å². The molecule has 21 heavy (non-hydrogen) atoms. The number of rotatable bonds is 9. The van der Waals surface area contributed by atoms with Crippen LogP contribution in [0, 0.1) is 11.8 Å². The second kappa shape index (κ2) is 7.39. The van der Waals surface area contributed by atoms with Crippen molar-refractivity contribution in [3.63, 3.8) is 0 Å². The van der Waals surface area contributed by atoms with Crippen molar-refractivity contribution in [2.24, 2.45) is 11.8 Å². The van der Waals surface area contributed by atoms with E-state index in [2.05, 4.69) is 32.6 Å². The average Bonchev–Trinajstić information content (AvgIpc) is 3.18. The van der Waals surface area contributed by atoms with Crippen LogP contribution in [0.3, 0.4) is 0 Å². The molecule has 1 aromatic heterocycles. The van der Waals surface area contributed by atoms with E-state index in [1.807, 2.05) is 0 Å². The van der Waals surface area contributed by atoms with E-state index in [0.29, 0.717) is 17.8 Å². The molecular weight excluding hydrogens is 280 g/mol. The molecule has 0 saturated heterocycles. The van der Waals surface area contributed by atoms with Crippen LogP contribution >= 0.6 is 11.3 Å². The second-order valence-corrected chi connectivity index (χ2v) is 8.00. The Bertz CT molecular complexity index is 451. The second-order valence-electron chi connectivity index (χ2n) is 6.99. The maximum absolute atomic E-state index is 11.3. The molecule has 0 aromatic carbocycles. The number of nitrogens with zero attached hydrogens (tertiary/aromatic N) is 2. The average molecular weight is 308 g/mol. The third-order valence-corrected chi connectivity index (χ3v) is 5.02. The van der Waals surface area contributed by atoms with Crippen LogP contribution in [0.25, 0.3) is 0 Å². The molecule has 1 aliphatic carbocycles. The Hall–Kier alpha value is -0.900. The first-order valence-corrected chi connectivity index (χ1v) is 9.03. The Morgan fingerprint density at radius 2 is 1.76 bits per heavy atom. The van der Waals surface area contributed by atoms with E-state index in [0.717, 1.165) is 35.1 Å². The fourth-order valence-electron chi connectivity index (χ4n) is 2.33. The number of thiazole rings is 1. The molecule has 0 amide bonds. The van der Waals surface area contributed by atoms with Gasteiger partial charge in [0.2, 0.25) is 0 Å². The van der Waals surface area contributed by atoms with Gasteiger partial charge >= 0.3 is 0 Å². The summed E-state index contributed by atoms with van der Waals surface area (Å²) in [6.45, 7) is 11.1. The number of aromatic nitrogens is 1. The van der Waals surface area contributed by atoms with Gasteiger partial charge in [-0.3, -0.25) is 4.79 Å². The van der Waals surface area contributed by atoms with Crippen LogP contribution in [0.1, 0.15) is 74.7 Å². The van der Waals surface area contributed by atoms with E-state index < -0.39 is 0 Å². The topological polar surface area (TPSA) is 33.2 Å². The van der Waals surface area contributed by atoms with Gasteiger partial charge in [-0.25, -0.2) is 4.98 Å². The predicted molar refractivity (Wildman–Crippen MR) is 90.6 cm³/mol. The van der Waals surface area contributed by atoms with Crippen molar-refractivity contribution in [1.29, 1.82) is 0 Å². The van der Waals surface area contributed by atoms with Crippen molar-refractivity contribution in [3.05, 3.63) is 10.6 Å². The molecule has 0 atom stereocenters. The van der Waals surface area contributed by atoms with E-state index in [1.54, 1.807) is 11.3 Å². The summed E-state index contributed by atoms with van der Waals surface area (Å²) in [7, 11) is 0. The third-order valence-electron chi connectivity index (χ3n) is 3.96. The van der Waals surface area contributed by atoms with Crippen molar-refractivity contribution in [2.45, 2.75) is 59.3 Å². The summed E-state index contributed by atoms with van der Waals surface area (Å²) in [5.74, 6) is 1.94. The third kappa shape index (κ3) is 4.80. The molecule has 0 radical (unpaired) electrons. The number of hydrogen-bond donors (Lipinski definition) is 0. The molecule has 2 rings (SSSR count). The minimum atomic E-state index is 0.548. The lowest BCUT2D eigenvalue weighted by Gasteiger charge is -2.23. The Kier molecular flexibility index (Phi) is 5.80. The summed E-state index contributed by atoms with van der Waals surface area (Å²) in [6.07, 6.45) is 5.74. The molecule has 1 fully saturated rings. The zero-order valence-electron chi connectivity index (χ0n) is 13.8. The highest BCUT2D eigenvalue weighted by atomic mass is 32.1. The summed E-state index contributed by atoms with van der Waals surface area (Å²) in [5, 5.41) is 1.06. The molecule has 0 spiro atoms. The highest BCUT2D eigenvalue weighted by molar-refractivity contribution is 7.17. The monoisotopic (exact) mass is 308 g/mol. The van der Waals surface area contributed by atoms with Crippen LogP contribution in [0.2, 0.25) is 0 Å². The van der Waals surface area contributed by atoms with Crippen LogP contribution < -0.4 is 4.90 Å². The molecule has 1 saturated carbocycles. The van der Waals surface area contributed by atoms with Crippen LogP contribution in [0.5, 0.6) is 0 Å². The van der Waals surface area contributed by atoms with Gasteiger partial charge < -0.3 is 4.90 Å². The van der Waals surface area contributed by atoms with Gasteiger partial charge in [0.05, 0.1) is 10.6 Å². The Balaban J connectivity index is 2.11. The lowest BCUT2D eigenvalue weighted by atomic mass is 10.1. The van der Waals surface area contributed by atoms with Crippen LogP contribution in [0.15, 0.2) is 0 Å². The van der Waals surface area contributed by atoms with Crippen LogP contribution in [-0.4, -0.2) is 24.4 Å². The summed E-state index contributed by atoms with van der Waals surface area (Å²) >= 11 is 1.59. The van der Waals surface area contributed by atoms with Gasteiger partial charge in [0.15, 0.2) is 11.4 Å². The molecule has 0 bridgehead atoms. The van der Waals surface area contributed by atoms with Gasteiger partial charge in [0.1, 0.15) is 0 Å². The highest BCUT2D eigenvalue weighted by Crippen LogP contribution is 2.43. The minimum Gasteiger partial charge on any atom is -0.348 e. The zero-order valence-corrected chi connectivity index (χ0v) is 14.6. The van der Waals surface area contributed by atoms with Crippen LogP contribution in [0.4, 0.5) is 5.13 Å². The first-order chi connectivity index (χ1) is 10.0. The standard InChI is InChI=1S/C17H28N2OS/c1-12(2)7-9-19(10-8-13(3)4)17-18-16(14-5-6-14)15(11-20)21-17/h11-14H,5-10H2,1-4H3. The number of carbonyl (C=O) groups is 1. The van der Waals surface area contributed by atoms with Gasteiger partial charge in [-0.05, 0) is 37.5 Å². The quantitative estimate of drug-likeness (QED) is 0.618. The molecule has 3 nitrogen and oxygen atoms in total. The summed E-state index contributed by atoms with van der Waals surface area (Å²) < 4.78 is 0. The summed E-state index contributed by atoms with van der Waals surface area (Å²) in [6, 6.07) is 0. The lowest BCUT2D eigenvalue weighted by molar-refractivity contribution is 0.112. The molecule has 1 aromatic rings. The first kappa shape index (κ1) is 16.5. The number of carbonyl (C=O) groups excluding carboxylic acids is 1. The van der Waals surface area contributed by atoms with E-state index in [1.165, 1.54) is 25.7 Å². The van der Waals surface area contributed by atoms with Crippen molar-refractivity contribution in [1.82, 2.24) is 4.98 Å². The first-order valence-electron chi connectivity index (χ1n) is 8.22. The van der Waals surface area contributed by atoms with Crippen molar-refractivity contribution < 1.29 is 4.79 Å². The molecule has 4 heteroatoms. The smallest absolute Gasteiger partial charge is 0.186 e. The number of hydrogen-bond acceptors (Lipinski definition) is 4. The normalized spacial score (nSPS) is 15.0. The summed E-state index contributed by atoms with van der Waals surface area (Å²) in [5.41, 5.74) is 1.06. The Labute approximate surface area is 132 Å². The summed E-state index contributed by atoms with van der Waals surface area (Å²) in [4.78, 5) is 19.3. The molecule has 0 N–H and O–H groups in total. The minimum absolute atomic E-state index is 0.548. The Morgan fingerprint density at radius 1 is 1.19 bits per heavy atom. The SMILES string of the molecule is CC(C)CCN(CCC(C)C)c1nc(C2CC2)c(C=O)s1. The van der Waals surface area contributed by atoms with Gasteiger partial charge in [0.25, 0.3) is 0 Å². The maximum Gasteiger partial charge on any atom is 0.186 e. The van der Waals surface area contributed by atoms with Gasteiger partial charge in [-0.2, -0.15) is 0 Å². The molecule has 0 aliphatic heterocycles. The van der Waals surface area contributed by atoms with Crippen LogP contribution in [-0.2, 0) is 0 Å². The van der Waals surface area contributed by atoms with Gasteiger partial charge in [0, 0.05) is 19.0 Å². The fraction of sp³-hybridized carbons (Fsp3) is 0.765. The highest BCUT2D eigenvalue weighted by Gasteiger charge is 2.30. The number of aldehydes is 1. The predicted octanol–water partition coefficient (Wildman–Crippen LogP) is 4.73. The van der Waals surface area contributed by atoms with E-state index in [4.69, 9.17) is 4.98 Å². The molecule has 118 valence electrons. The largest absolute Gasteiger partial charge is 0.348 e. The van der Waals surface area contributed by atoms with E-state index in [-0.39, 0.29) is 0 Å². The lowest BCUT2D eigenvalue weighted by Crippen LogP contribution is -2.27. The number of anilines is 1. The Morgan fingerprint density at radius 3 is 2.19 bits per heavy atom. The van der Waals surface area contributed by atoms with Crippen molar-refractivity contribution in [3.8, 4) is 0 Å². The molecule has 1 aliphatic rings. The van der Waals surface area contributed by atoms with Gasteiger partial charge in [-0.1, -0.05) is 39.0 Å². The molecular formula is C17H28N2OS. The molecule has 1 heterocycles. The van der Waals surface area contributed by atoms with E-state index in [9.17, 15) is 4.79 Å².